The molecule has 1 unspecified atom stereocenters. The second kappa shape index (κ2) is 7.23. The molecule has 1 amide bonds. The van der Waals surface area contributed by atoms with Crippen LogP contribution < -0.4 is 4.74 Å². The monoisotopic (exact) mass is 317 g/mol. The van der Waals surface area contributed by atoms with Crippen LogP contribution in [-0.2, 0) is 16.1 Å². The van der Waals surface area contributed by atoms with Crippen LogP contribution in [0.5, 0.6) is 5.75 Å². The lowest BCUT2D eigenvalue weighted by Gasteiger charge is -2.22. The van der Waals surface area contributed by atoms with E-state index in [2.05, 4.69) is 10.1 Å². The molecular formula is C16H19N3O4. The minimum Gasteiger partial charge on any atom is -0.497 e. The number of benzene rings is 1. The summed E-state index contributed by atoms with van der Waals surface area (Å²) in [5.41, 5.74) is 0.966. The topological polar surface area (TPSA) is 77.7 Å². The average molecular weight is 317 g/mol. The van der Waals surface area contributed by atoms with Crippen molar-refractivity contribution < 1.29 is 18.8 Å². The number of nitrogens with zero attached hydrogens (tertiary/aromatic N) is 3. The molecule has 1 atom stereocenters. The molecule has 0 N–H and O–H groups in total. The number of ether oxygens (including phenoxy) is 2. The van der Waals surface area contributed by atoms with E-state index in [0.717, 1.165) is 24.2 Å². The number of aromatic nitrogens is 2. The third kappa shape index (κ3) is 3.68. The fourth-order valence-corrected chi connectivity index (χ4v) is 2.76. The Kier molecular flexibility index (Phi) is 4.87. The Hall–Kier alpha value is -2.41. The summed E-state index contributed by atoms with van der Waals surface area (Å²) in [6.45, 7) is 1.09. The first kappa shape index (κ1) is 15.5. The molecule has 0 bridgehead atoms. The predicted molar refractivity (Wildman–Crippen MR) is 80.6 cm³/mol. The number of rotatable bonds is 6. The molecular weight excluding hydrogens is 298 g/mol. The summed E-state index contributed by atoms with van der Waals surface area (Å²) in [6.07, 6.45) is 3.07. The van der Waals surface area contributed by atoms with Gasteiger partial charge in [0.25, 0.3) is 0 Å². The van der Waals surface area contributed by atoms with Crippen molar-refractivity contribution in [2.45, 2.75) is 25.5 Å². The van der Waals surface area contributed by atoms with Crippen LogP contribution in [-0.4, -0.2) is 41.2 Å². The lowest BCUT2D eigenvalue weighted by molar-refractivity contribution is -0.137. The van der Waals surface area contributed by atoms with Crippen LogP contribution in [0.4, 0.5) is 0 Å². The van der Waals surface area contributed by atoms with Gasteiger partial charge in [-0.1, -0.05) is 17.3 Å². The first-order valence-electron chi connectivity index (χ1n) is 7.54. The van der Waals surface area contributed by atoms with Crippen molar-refractivity contribution in [2.24, 2.45) is 0 Å². The summed E-state index contributed by atoms with van der Waals surface area (Å²) >= 11 is 0. The van der Waals surface area contributed by atoms with Crippen molar-refractivity contribution in [1.29, 1.82) is 0 Å². The van der Waals surface area contributed by atoms with E-state index in [9.17, 15) is 4.79 Å². The maximum atomic E-state index is 12.4. The summed E-state index contributed by atoms with van der Waals surface area (Å²) in [5.74, 6) is 1.28. The molecule has 0 spiro atoms. The van der Waals surface area contributed by atoms with Crippen molar-refractivity contribution in [2.75, 3.05) is 20.3 Å². The molecule has 23 heavy (non-hydrogen) atoms. The third-order valence-electron chi connectivity index (χ3n) is 3.88. The first-order valence-corrected chi connectivity index (χ1v) is 7.54. The second-order valence-electron chi connectivity index (χ2n) is 5.38. The molecule has 0 saturated carbocycles. The lowest BCUT2D eigenvalue weighted by atomic mass is 10.2. The fraction of sp³-hybridized carbons (Fsp3) is 0.438. The van der Waals surface area contributed by atoms with Crippen molar-refractivity contribution >= 4 is 5.91 Å². The molecule has 7 nitrogen and oxygen atoms in total. The molecule has 1 aliphatic heterocycles. The van der Waals surface area contributed by atoms with Gasteiger partial charge in [0.15, 0.2) is 5.82 Å². The van der Waals surface area contributed by atoms with Crippen LogP contribution in [0.15, 0.2) is 35.2 Å². The highest BCUT2D eigenvalue weighted by atomic mass is 16.5. The number of carbonyl (C=O) groups is 1. The Bertz CT molecular complexity index is 645. The molecule has 1 aliphatic rings. The quantitative estimate of drug-likeness (QED) is 0.810. The average Bonchev–Trinajstić information content (AvgIpc) is 3.25. The highest BCUT2D eigenvalue weighted by molar-refractivity contribution is 5.78. The van der Waals surface area contributed by atoms with Gasteiger partial charge in [0.1, 0.15) is 12.4 Å². The minimum atomic E-state index is -0.110. The van der Waals surface area contributed by atoms with E-state index in [1.54, 1.807) is 12.0 Å². The van der Waals surface area contributed by atoms with Gasteiger partial charge in [0, 0.05) is 6.54 Å². The maximum absolute atomic E-state index is 12.4. The number of hydrogen-bond donors (Lipinski definition) is 0. The predicted octanol–water partition coefficient (Wildman–Crippen LogP) is 1.96. The summed E-state index contributed by atoms with van der Waals surface area (Å²) in [5, 5.41) is 3.84. The second-order valence-corrected chi connectivity index (χ2v) is 5.38. The summed E-state index contributed by atoms with van der Waals surface area (Å²) in [6, 6.07) is 7.48. The van der Waals surface area contributed by atoms with Crippen molar-refractivity contribution in [3.8, 4) is 5.75 Å². The summed E-state index contributed by atoms with van der Waals surface area (Å²) < 4.78 is 15.5. The summed E-state index contributed by atoms with van der Waals surface area (Å²) in [4.78, 5) is 18.2. The smallest absolute Gasteiger partial charge is 0.249 e. The number of amides is 1. The number of likely N-dealkylation sites (tertiary alicyclic amines) is 1. The minimum absolute atomic E-state index is 0.0333. The van der Waals surface area contributed by atoms with Gasteiger partial charge in [0.05, 0.1) is 19.8 Å². The third-order valence-corrected chi connectivity index (χ3v) is 3.88. The van der Waals surface area contributed by atoms with E-state index in [1.165, 1.54) is 6.39 Å². The molecule has 2 heterocycles. The summed E-state index contributed by atoms with van der Waals surface area (Å²) in [7, 11) is 1.62. The number of methoxy groups -OCH3 is 1. The zero-order chi connectivity index (χ0) is 16.1. The van der Waals surface area contributed by atoms with Gasteiger partial charge in [-0.05, 0) is 30.5 Å². The van der Waals surface area contributed by atoms with Crippen molar-refractivity contribution in [3.05, 3.63) is 42.0 Å². The normalized spacial score (nSPS) is 17.4. The van der Waals surface area contributed by atoms with E-state index < -0.39 is 0 Å². The molecule has 7 heteroatoms. The van der Waals surface area contributed by atoms with Crippen LogP contribution in [0.2, 0.25) is 0 Å². The van der Waals surface area contributed by atoms with Gasteiger partial charge < -0.3 is 18.9 Å². The van der Waals surface area contributed by atoms with E-state index in [4.69, 9.17) is 14.0 Å². The Balaban J connectivity index is 1.52. The molecule has 122 valence electrons. The molecule has 1 aromatic carbocycles. The molecule has 0 radical (unpaired) electrons. The zero-order valence-corrected chi connectivity index (χ0v) is 13.0. The molecule has 3 rings (SSSR count). The van der Waals surface area contributed by atoms with Gasteiger partial charge >= 0.3 is 0 Å². The largest absolute Gasteiger partial charge is 0.497 e. The SMILES string of the molecule is COc1cccc(COCC(=O)N2CCCC2c2ncon2)c1. The van der Waals surface area contributed by atoms with Gasteiger partial charge in [0.2, 0.25) is 12.3 Å². The maximum Gasteiger partial charge on any atom is 0.249 e. The highest BCUT2D eigenvalue weighted by Crippen LogP contribution is 2.29. The van der Waals surface area contributed by atoms with Gasteiger partial charge in [-0.25, -0.2) is 0 Å². The molecule has 0 aliphatic carbocycles. The van der Waals surface area contributed by atoms with Crippen LogP contribution in [0.3, 0.4) is 0 Å². The van der Waals surface area contributed by atoms with Gasteiger partial charge in [-0.15, -0.1) is 0 Å². The molecule has 2 aromatic rings. The van der Waals surface area contributed by atoms with E-state index >= 15 is 0 Å². The van der Waals surface area contributed by atoms with Gasteiger partial charge in [-0.2, -0.15) is 4.98 Å². The van der Waals surface area contributed by atoms with Gasteiger partial charge in [-0.3, -0.25) is 4.79 Å². The first-order chi connectivity index (χ1) is 11.3. The Labute approximate surface area is 134 Å². The number of hydrogen-bond acceptors (Lipinski definition) is 6. The van der Waals surface area contributed by atoms with Crippen LogP contribution in [0.1, 0.15) is 30.3 Å². The van der Waals surface area contributed by atoms with Crippen LogP contribution >= 0.6 is 0 Å². The number of carbonyl (C=O) groups excluding carboxylic acids is 1. The van der Waals surface area contributed by atoms with E-state index in [0.29, 0.717) is 19.0 Å². The van der Waals surface area contributed by atoms with Crippen molar-refractivity contribution in [1.82, 2.24) is 15.0 Å². The lowest BCUT2D eigenvalue weighted by Crippen LogP contribution is -2.34. The standard InChI is InChI=1S/C16H19N3O4/c1-21-13-5-2-4-12(8-13)9-22-10-15(20)19-7-3-6-14(19)16-17-11-23-18-16/h2,4-5,8,11,14H,3,6-7,9-10H2,1H3. The zero-order valence-electron chi connectivity index (χ0n) is 13.0. The Morgan fingerprint density at radius 1 is 1.48 bits per heavy atom. The van der Waals surface area contributed by atoms with Crippen LogP contribution in [0.25, 0.3) is 0 Å². The van der Waals surface area contributed by atoms with Crippen LogP contribution in [0, 0.1) is 0 Å². The van der Waals surface area contributed by atoms with Crippen molar-refractivity contribution in [3.63, 3.8) is 0 Å². The fourth-order valence-electron chi connectivity index (χ4n) is 2.76. The molecule has 1 fully saturated rings. The Morgan fingerprint density at radius 2 is 2.39 bits per heavy atom. The Morgan fingerprint density at radius 3 is 3.17 bits per heavy atom. The van der Waals surface area contributed by atoms with E-state index in [-0.39, 0.29) is 18.6 Å². The highest BCUT2D eigenvalue weighted by Gasteiger charge is 2.32. The molecule has 1 saturated heterocycles. The van der Waals surface area contributed by atoms with E-state index in [1.807, 2.05) is 24.3 Å². The molecule has 1 aromatic heterocycles.